The first-order valence-electron chi connectivity index (χ1n) is 8.28. The van der Waals surface area contributed by atoms with Crippen molar-refractivity contribution in [3.63, 3.8) is 0 Å². The van der Waals surface area contributed by atoms with Crippen molar-refractivity contribution in [3.05, 3.63) is 60.7 Å². The molecule has 0 bridgehead atoms. The average Bonchev–Trinajstić information content (AvgIpc) is 3.36. The van der Waals surface area contributed by atoms with Gasteiger partial charge < -0.3 is 15.0 Å². The van der Waals surface area contributed by atoms with Crippen LogP contribution in [0.4, 0.5) is 0 Å². The van der Waals surface area contributed by atoms with Crippen LogP contribution in [-0.2, 0) is 6.54 Å². The maximum absolute atomic E-state index is 9.36. The topological polar surface area (TPSA) is 67.9 Å². The molecule has 2 atom stereocenters. The Balaban J connectivity index is 0.00000121. The molecule has 1 aliphatic heterocycles. The summed E-state index contributed by atoms with van der Waals surface area (Å²) >= 11 is 0. The van der Waals surface area contributed by atoms with Gasteiger partial charge in [-0.15, -0.1) is 24.8 Å². The number of halogens is 2. The zero-order chi connectivity index (χ0) is 16.4. The number of aromatic nitrogens is 4. The van der Waals surface area contributed by atoms with E-state index in [2.05, 4.69) is 38.2 Å². The van der Waals surface area contributed by atoms with Crippen LogP contribution in [0.3, 0.4) is 0 Å². The maximum Gasteiger partial charge on any atom is 0.140 e. The van der Waals surface area contributed by atoms with Crippen LogP contribution in [-0.4, -0.2) is 43.6 Å². The summed E-state index contributed by atoms with van der Waals surface area (Å²) in [5.74, 6) is 0.975. The van der Waals surface area contributed by atoms with Gasteiger partial charge in [0.25, 0.3) is 0 Å². The molecule has 1 aliphatic rings. The van der Waals surface area contributed by atoms with Crippen LogP contribution in [0.5, 0.6) is 0 Å². The fraction of sp³-hybridized carbons (Fsp3) is 0.333. The van der Waals surface area contributed by atoms with Crippen molar-refractivity contribution >= 4 is 24.8 Å². The van der Waals surface area contributed by atoms with Gasteiger partial charge in [0, 0.05) is 49.0 Å². The largest absolute Gasteiger partial charge is 0.395 e. The second-order valence-corrected chi connectivity index (χ2v) is 6.20. The molecule has 140 valence electrons. The normalized spacial score (nSPS) is 19.0. The molecular formula is C18H23Cl2N5O. The number of aliphatic hydroxyl groups is 1. The molecule has 0 radical (unpaired) electrons. The number of nitrogens with one attached hydrogen (secondary N) is 1. The highest BCUT2D eigenvalue weighted by Gasteiger charge is 2.26. The molecular weight excluding hydrogens is 373 g/mol. The maximum atomic E-state index is 9.36. The third kappa shape index (κ3) is 4.10. The predicted molar refractivity (Wildman–Crippen MR) is 106 cm³/mol. The van der Waals surface area contributed by atoms with E-state index in [0.717, 1.165) is 30.9 Å². The number of aliphatic hydroxyl groups excluding tert-OH is 1. The number of imidazole rings is 1. The van der Waals surface area contributed by atoms with Crippen molar-refractivity contribution in [2.24, 2.45) is 0 Å². The molecule has 4 rings (SSSR count). The zero-order valence-electron chi connectivity index (χ0n) is 14.2. The number of benzene rings is 1. The molecule has 0 aliphatic carbocycles. The minimum atomic E-state index is 0. The molecule has 2 aromatic heterocycles. The van der Waals surface area contributed by atoms with Gasteiger partial charge >= 0.3 is 0 Å². The molecule has 0 saturated carbocycles. The molecule has 2 N–H and O–H groups in total. The molecule has 1 aromatic carbocycles. The minimum absolute atomic E-state index is 0. The lowest BCUT2D eigenvalue weighted by atomic mass is 10.1. The number of rotatable bonds is 5. The van der Waals surface area contributed by atoms with Crippen molar-refractivity contribution in [1.29, 1.82) is 0 Å². The van der Waals surface area contributed by atoms with Crippen molar-refractivity contribution in [2.75, 3.05) is 13.2 Å². The Labute approximate surface area is 165 Å². The highest BCUT2D eigenvalue weighted by Crippen LogP contribution is 2.28. The highest BCUT2D eigenvalue weighted by molar-refractivity contribution is 5.85. The van der Waals surface area contributed by atoms with Crippen molar-refractivity contribution in [2.45, 2.75) is 25.0 Å². The Kier molecular flexibility index (Phi) is 7.23. The molecule has 3 aromatic rings. The van der Waals surface area contributed by atoms with Crippen LogP contribution in [0.2, 0.25) is 0 Å². The van der Waals surface area contributed by atoms with Crippen molar-refractivity contribution < 1.29 is 5.11 Å². The van der Waals surface area contributed by atoms with Crippen LogP contribution in [0.15, 0.2) is 55.1 Å². The van der Waals surface area contributed by atoms with E-state index >= 15 is 0 Å². The summed E-state index contributed by atoms with van der Waals surface area (Å²) in [5, 5.41) is 17.0. The van der Waals surface area contributed by atoms with Crippen LogP contribution < -0.4 is 5.32 Å². The monoisotopic (exact) mass is 395 g/mol. The van der Waals surface area contributed by atoms with Gasteiger partial charge in [0.1, 0.15) is 5.82 Å². The molecule has 0 unspecified atom stereocenters. The molecule has 0 spiro atoms. The van der Waals surface area contributed by atoms with Crippen LogP contribution in [0.1, 0.15) is 18.0 Å². The smallest absolute Gasteiger partial charge is 0.140 e. The first kappa shape index (κ1) is 20.5. The third-order valence-corrected chi connectivity index (χ3v) is 4.63. The van der Waals surface area contributed by atoms with Gasteiger partial charge in [-0.2, -0.15) is 5.10 Å². The zero-order valence-corrected chi connectivity index (χ0v) is 15.9. The lowest BCUT2D eigenvalue weighted by Gasteiger charge is -2.17. The van der Waals surface area contributed by atoms with Crippen LogP contribution in [0.25, 0.3) is 11.4 Å². The summed E-state index contributed by atoms with van der Waals surface area (Å²) in [4.78, 5) is 4.61. The average molecular weight is 396 g/mol. The number of nitrogens with zero attached hydrogens (tertiary/aromatic N) is 4. The summed E-state index contributed by atoms with van der Waals surface area (Å²) in [6.07, 6.45) is 8.57. The van der Waals surface area contributed by atoms with Gasteiger partial charge in [-0.3, -0.25) is 4.68 Å². The lowest BCUT2D eigenvalue weighted by Crippen LogP contribution is -2.24. The first-order chi connectivity index (χ1) is 11.8. The summed E-state index contributed by atoms with van der Waals surface area (Å²) in [7, 11) is 0. The van der Waals surface area contributed by atoms with E-state index in [4.69, 9.17) is 0 Å². The third-order valence-electron chi connectivity index (χ3n) is 4.63. The Morgan fingerprint density at radius 3 is 2.69 bits per heavy atom. The van der Waals surface area contributed by atoms with E-state index < -0.39 is 0 Å². The van der Waals surface area contributed by atoms with Gasteiger partial charge in [-0.05, 0) is 18.1 Å². The van der Waals surface area contributed by atoms with Crippen molar-refractivity contribution in [3.8, 4) is 11.4 Å². The van der Waals surface area contributed by atoms with Crippen molar-refractivity contribution in [1.82, 2.24) is 24.6 Å². The Bertz CT molecular complexity index is 806. The first-order valence-corrected chi connectivity index (χ1v) is 8.28. The quantitative estimate of drug-likeness (QED) is 0.696. The summed E-state index contributed by atoms with van der Waals surface area (Å²) in [5.41, 5.74) is 2.32. The number of hydrogen-bond acceptors (Lipinski definition) is 4. The van der Waals surface area contributed by atoms with E-state index in [1.807, 2.05) is 35.4 Å². The molecule has 0 amide bonds. The summed E-state index contributed by atoms with van der Waals surface area (Å²) < 4.78 is 4.15. The van der Waals surface area contributed by atoms with Crippen LogP contribution in [0, 0.1) is 0 Å². The minimum Gasteiger partial charge on any atom is -0.395 e. The van der Waals surface area contributed by atoms with E-state index in [-0.39, 0.29) is 37.5 Å². The molecule has 6 nitrogen and oxygen atoms in total. The lowest BCUT2D eigenvalue weighted by molar-refractivity contribution is 0.253. The summed E-state index contributed by atoms with van der Waals surface area (Å²) in [6, 6.07) is 10.8. The van der Waals surface area contributed by atoms with E-state index in [1.54, 1.807) is 6.20 Å². The van der Waals surface area contributed by atoms with Gasteiger partial charge in [-0.1, -0.05) is 24.3 Å². The standard InChI is InChI=1S/C18H21N5O.2ClH/c24-13-15-10-16(11-20-15)23-9-7-19-18(23)17-5-2-1-4-14(17)12-22-8-3-6-21-22;;/h1-9,15-16,20,24H,10-13H2;2*1H/t15-,16-;;/m0../s1. The second-order valence-electron chi connectivity index (χ2n) is 6.20. The fourth-order valence-electron chi connectivity index (χ4n) is 3.41. The van der Waals surface area contributed by atoms with E-state index in [9.17, 15) is 5.11 Å². The van der Waals surface area contributed by atoms with Gasteiger partial charge in [0.15, 0.2) is 0 Å². The second kappa shape index (κ2) is 9.19. The molecule has 26 heavy (non-hydrogen) atoms. The Hall–Kier alpha value is -1.86. The van der Waals surface area contributed by atoms with Gasteiger partial charge in [0.2, 0.25) is 0 Å². The SMILES string of the molecule is Cl.Cl.OC[C@@H]1C[C@H](n2ccnc2-c2ccccc2Cn2cccn2)CN1. The van der Waals surface area contributed by atoms with E-state index in [1.165, 1.54) is 5.56 Å². The van der Waals surface area contributed by atoms with E-state index in [0.29, 0.717) is 6.04 Å². The van der Waals surface area contributed by atoms with Gasteiger partial charge in [0.05, 0.1) is 13.2 Å². The molecule has 1 saturated heterocycles. The molecule has 8 heteroatoms. The van der Waals surface area contributed by atoms with Crippen LogP contribution >= 0.6 is 24.8 Å². The number of hydrogen-bond donors (Lipinski definition) is 2. The molecule has 1 fully saturated rings. The molecule has 3 heterocycles. The Morgan fingerprint density at radius 1 is 1.12 bits per heavy atom. The van der Waals surface area contributed by atoms with Gasteiger partial charge in [-0.25, -0.2) is 4.98 Å². The summed E-state index contributed by atoms with van der Waals surface area (Å²) in [6.45, 7) is 1.75. The highest BCUT2D eigenvalue weighted by atomic mass is 35.5. The predicted octanol–water partition coefficient (Wildman–Crippen LogP) is 2.53. The Morgan fingerprint density at radius 2 is 1.96 bits per heavy atom. The fourth-order valence-corrected chi connectivity index (χ4v) is 3.41.